The summed E-state index contributed by atoms with van der Waals surface area (Å²) in [5.74, 6) is 0.807. The van der Waals surface area contributed by atoms with Crippen LogP contribution in [0.3, 0.4) is 0 Å². The molecule has 1 atom stereocenters. The zero-order valence-electron chi connectivity index (χ0n) is 9.51. The van der Waals surface area contributed by atoms with Gasteiger partial charge in [-0.25, -0.2) is 4.98 Å². The van der Waals surface area contributed by atoms with E-state index in [9.17, 15) is 0 Å². The molecule has 2 N–H and O–H groups in total. The number of hydrogen-bond donors (Lipinski definition) is 2. The summed E-state index contributed by atoms with van der Waals surface area (Å²) < 4.78 is 0. The zero-order chi connectivity index (χ0) is 12.1. The van der Waals surface area contributed by atoms with Gasteiger partial charge in [-0.2, -0.15) is 10.4 Å². The molecule has 1 unspecified atom stereocenters. The van der Waals surface area contributed by atoms with E-state index in [4.69, 9.17) is 5.26 Å². The third kappa shape index (κ3) is 2.89. The number of H-pyrrole nitrogens is 1. The minimum atomic E-state index is 0.100. The summed E-state index contributed by atoms with van der Waals surface area (Å²) in [5, 5.41) is 18.7. The van der Waals surface area contributed by atoms with Gasteiger partial charge < -0.3 is 5.32 Å². The van der Waals surface area contributed by atoms with Crippen LogP contribution in [0, 0.1) is 11.3 Å². The molecular weight excluding hydrogens is 214 g/mol. The fourth-order valence-corrected chi connectivity index (χ4v) is 1.54. The summed E-state index contributed by atoms with van der Waals surface area (Å²) in [4.78, 5) is 4.08. The summed E-state index contributed by atoms with van der Waals surface area (Å²) in [6.07, 6.45) is 1.49. The van der Waals surface area contributed by atoms with E-state index >= 15 is 0 Å². The van der Waals surface area contributed by atoms with Crippen LogP contribution in [0.5, 0.6) is 0 Å². The predicted octanol–water partition coefficient (Wildman–Crippen LogP) is 1.53. The smallest absolute Gasteiger partial charge is 0.141 e. The quantitative estimate of drug-likeness (QED) is 0.830. The van der Waals surface area contributed by atoms with E-state index < -0.39 is 0 Å². The van der Waals surface area contributed by atoms with Crippen LogP contribution in [-0.4, -0.2) is 15.2 Å². The van der Waals surface area contributed by atoms with Crippen molar-refractivity contribution in [1.82, 2.24) is 20.5 Å². The van der Waals surface area contributed by atoms with Gasteiger partial charge in [-0.05, 0) is 24.6 Å². The normalized spacial score (nSPS) is 12.0. The lowest BCUT2D eigenvalue weighted by Gasteiger charge is -2.10. The maximum atomic E-state index is 8.80. The molecule has 1 heterocycles. The van der Waals surface area contributed by atoms with Crippen molar-refractivity contribution in [3.63, 3.8) is 0 Å². The summed E-state index contributed by atoms with van der Waals surface area (Å²) in [6.45, 7) is 2.70. The molecule has 5 nitrogen and oxygen atoms in total. The molecule has 0 aliphatic heterocycles. The van der Waals surface area contributed by atoms with Crippen molar-refractivity contribution in [3.8, 4) is 6.07 Å². The number of nitriles is 1. The Hall–Kier alpha value is -2.19. The van der Waals surface area contributed by atoms with Crippen LogP contribution in [0.1, 0.15) is 29.9 Å². The van der Waals surface area contributed by atoms with Gasteiger partial charge in [-0.3, -0.25) is 5.10 Å². The highest BCUT2D eigenvalue weighted by molar-refractivity contribution is 5.32. The molecule has 0 saturated carbocycles. The average Bonchev–Trinajstić information content (AvgIpc) is 2.90. The van der Waals surface area contributed by atoms with E-state index in [1.807, 2.05) is 25.1 Å². The Labute approximate surface area is 99.5 Å². The highest BCUT2D eigenvalue weighted by atomic mass is 15.2. The molecule has 0 spiro atoms. The monoisotopic (exact) mass is 227 g/mol. The number of aromatic amines is 1. The van der Waals surface area contributed by atoms with Crippen molar-refractivity contribution in [3.05, 3.63) is 47.5 Å². The fraction of sp³-hybridized carbons (Fsp3) is 0.250. The largest absolute Gasteiger partial charge is 0.303 e. The van der Waals surface area contributed by atoms with Gasteiger partial charge in [0.1, 0.15) is 12.2 Å². The molecule has 2 aromatic rings. The Kier molecular flexibility index (Phi) is 3.48. The Balaban J connectivity index is 1.96. The molecule has 0 aliphatic carbocycles. The second-order valence-corrected chi connectivity index (χ2v) is 3.79. The standard InChI is InChI=1S/C12H13N5/c1-9(12-15-8-16-17-12)14-7-11-4-2-3-10(5-11)6-13/h2-5,8-9,14H,7H2,1H3,(H,15,16,17). The lowest BCUT2D eigenvalue weighted by Crippen LogP contribution is -2.19. The number of nitrogens with one attached hydrogen (secondary N) is 2. The summed E-state index contributed by atoms with van der Waals surface area (Å²) in [7, 11) is 0. The first-order valence-corrected chi connectivity index (χ1v) is 5.37. The van der Waals surface area contributed by atoms with Crippen molar-refractivity contribution in [2.24, 2.45) is 0 Å². The lowest BCUT2D eigenvalue weighted by molar-refractivity contribution is 0.548. The molecule has 0 aliphatic rings. The highest BCUT2D eigenvalue weighted by Crippen LogP contribution is 2.08. The van der Waals surface area contributed by atoms with Gasteiger partial charge in [0.15, 0.2) is 0 Å². The average molecular weight is 227 g/mol. The Morgan fingerprint density at radius 1 is 1.53 bits per heavy atom. The van der Waals surface area contributed by atoms with Crippen molar-refractivity contribution in [2.45, 2.75) is 19.5 Å². The molecule has 1 aromatic carbocycles. The molecule has 1 aromatic heterocycles. The van der Waals surface area contributed by atoms with Crippen LogP contribution >= 0.6 is 0 Å². The van der Waals surface area contributed by atoms with E-state index in [-0.39, 0.29) is 6.04 Å². The second-order valence-electron chi connectivity index (χ2n) is 3.79. The van der Waals surface area contributed by atoms with Crippen molar-refractivity contribution >= 4 is 0 Å². The van der Waals surface area contributed by atoms with Gasteiger partial charge in [0.05, 0.1) is 17.7 Å². The van der Waals surface area contributed by atoms with E-state index in [0.29, 0.717) is 12.1 Å². The van der Waals surface area contributed by atoms with E-state index in [1.165, 1.54) is 6.33 Å². The van der Waals surface area contributed by atoms with Gasteiger partial charge in [0, 0.05) is 6.54 Å². The summed E-state index contributed by atoms with van der Waals surface area (Å²) in [5.41, 5.74) is 1.76. The first kappa shape index (κ1) is 11.3. The Bertz CT molecular complexity index is 512. The maximum Gasteiger partial charge on any atom is 0.141 e. The first-order valence-electron chi connectivity index (χ1n) is 5.37. The molecule has 0 amide bonds. The fourth-order valence-electron chi connectivity index (χ4n) is 1.54. The van der Waals surface area contributed by atoms with Crippen LogP contribution in [0.15, 0.2) is 30.6 Å². The minimum Gasteiger partial charge on any atom is -0.303 e. The second kappa shape index (κ2) is 5.23. The highest BCUT2D eigenvalue weighted by Gasteiger charge is 2.07. The van der Waals surface area contributed by atoms with E-state index in [0.717, 1.165) is 11.4 Å². The van der Waals surface area contributed by atoms with Crippen LogP contribution in [0.4, 0.5) is 0 Å². The maximum absolute atomic E-state index is 8.80. The van der Waals surface area contributed by atoms with Crippen LogP contribution in [-0.2, 0) is 6.54 Å². The molecule has 2 rings (SSSR count). The molecule has 0 radical (unpaired) electrons. The number of rotatable bonds is 4. The number of benzene rings is 1. The minimum absolute atomic E-state index is 0.100. The van der Waals surface area contributed by atoms with E-state index in [2.05, 4.69) is 26.6 Å². The molecule has 0 bridgehead atoms. The van der Waals surface area contributed by atoms with Crippen LogP contribution < -0.4 is 5.32 Å². The summed E-state index contributed by atoms with van der Waals surface area (Å²) >= 11 is 0. The Morgan fingerprint density at radius 3 is 3.12 bits per heavy atom. The third-order valence-corrected chi connectivity index (χ3v) is 2.51. The van der Waals surface area contributed by atoms with Crippen LogP contribution in [0.25, 0.3) is 0 Å². The van der Waals surface area contributed by atoms with Crippen LogP contribution in [0.2, 0.25) is 0 Å². The number of aromatic nitrogens is 3. The van der Waals surface area contributed by atoms with Gasteiger partial charge in [0.25, 0.3) is 0 Å². The molecule has 5 heteroatoms. The molecular formula is C12H13N5. The number of hydrogen-bond acceptors (Lipinski definition) is 4. The molecule has 86 valence electrons. The number of nitrogens with zero attached hydrogens (tertiary/aromatic N) is 3. The molecule has 0 saturated heterocycles. The van der Waals surface area contributed by atoms with Gasteiger partial charge in [-0.1, -0.05) is 12.1 Å². The predicted molar refractivity (Wildman–Crippen MR) is 62.8 cm³/mol. The SMILES string of the molecule is CC(NCc1cccc(C#N)c1)c1ncn[nH]1. The lowest BCUT2D eigenvalue weighted by atomic mass is 10.1. The molecule has 0 fully saturated rings. The summed E-state index contributed by atoms with van der Waals surface area (Å²) in [6, 6.07) is 9.77. The van der Waals surface area contributed by atoms with Gasteiger partial charge in [0.2, 0.25) is 0 Å². The van der Waals surface area contributed by atoms with Gasteiger partial charge >= 0.3 is 0 Å². The Morgan fingerprint density at radius 2 is 2.41 bits per heavy atom. The third-order valence-electron chi connectivity index (χ3n) is 2.51. The van der Waals surface area contributed by atoms with E-state index in [1.54, 1.807) is 6.07 Å². The topological polar surface area (TPSA) is 77.4 Å². The van der Waals surface area contributed by atoms with Crippen molar-refractivity contribution in [2.75, 3.05) is 0 Å². The zero-order valence-corrected chi connectivity index (χ0v) is 9.51. The van der Waals surface area contributed by atoms with Gasteiger partial charge in [-0.15, -0.1) is 0 Å². The molecule has 17 heavy (non-hydrogen) atoms. The van der Waals surface area contributed by atoms with Crippen molar-refractivity contribution < 1.29 is 0 Å². The first-order chi connectivity index (χ1) is 8.29. The van der Waals surface area contributed by atoms with Crippen molar-refractivity contribution in [1.29, 1.82) is 5.26 Å².